The highest BCUT2D eigenvalue weighted by Gasteiger charge is 2.20. The van der Waals surface area contributed by atoms with Crippen LogP contribution in [0.4, 0.5) is 0 Å². The van der Waals surface area contributed by atoms with E-state index in [1.54, 1.807) is 24.3 Å². The molecule has 0 aliphatic carbocycles. The Morgan fingerprint density at radius 2 is 1.88 bits per heavy atom. The van der Waals surface area contributed by atoms with Crippen LogP contribution in [0.3, 0.4) is 0 Å². The number of benzene rings is 1. The van der Waals surface area contributed by atoms with Crippen LogP contribution in [0.25, 0.3) is 0 Å². The highest BCUT2D eigenvalue weighted by atomic mass is 35.5. The fraction of sp³-hybridized carbons (Fsp3) is 0.222. The van der Waals surface area contributed by atoms with Gasteiger partial charge in [-0.3, -0.25) is 19.4 Å². The van der Waals surface area contributed by atoms with E-state index >= 15 is 0 Å². The zero-order valence-corrected chi connectivity index (χ0v) is 14.9. The van der Waals surface area contributed by atoms with Crippen molar-refractivity contribution < 1.29 is 23.9 Å². The van der Waals surface area contributed by atoms with E-state index in [0.717, 1.165) is 0 Å². The summed E-state index contributed by atoms with van der Waals surface area (Å²) in [5, 5.41) is 2.72. The van der Waals surface area contributed by atoms with Crippen molar-refractivity contribution in [1.29, 1.82) is 0 Å². The number of aromatic nitrogens is 1. The predicted octanol–water partition coefficient (Wildman–Crippen LogP) is 2.29. The lowest BCUT2D eigenvalue weighted by molar-refractivity contribution is -0.145. The predicted molar refractivity (Wildman–Crippen MR) is 94.5 cm³/mol. The third-order valence-electron chi connectivity index (χ3n) is 3.40. The van der Waals surface area contributed by atoms with Crippen LogP contribution in [0.5, 0.6) is 5.75 Å². The van der Waals surface area contributed by atoms with E-state index in [9.17, 15) is 14.4 Å². The summed E-state index contributed by atoms with van der Waals surface area (Å²) in [4.78, 5) is 39.8. The molecule has 0 fully saturated rings. The molecule has 0 aliphatic rings. The van der Waals surface area contributed by atoms with Crippen LogP contribution in [0.15, 0.2) is 42.6 Å². The van der Waals surface area contributed by atoms with Gasteiger partial charge < -0.3 is 14.8 Å². The molecule has 0 radical (unpaired) electrons. The number of carbonyl (C=O) groups is 3. The third-order valence-corrected chi connectivity index (χ3v) is 3.63. The van der Waals surface area contributed by atoms with Crippen molar-refractivity contribution in [2.24, 2.45) is 0 Å². The van der Waals surface area contributed by atoms with Crippen LogP contribution in [-0.2, 0) is 9.53 Å². The van der Waals surface area contributed by atoms with Crippen LogP contribution in [-0.4, -0.2) is 42.4 Å². The molecule has 2 rings (SSSR count). The summed E-state index contributed by atoms with van der Waals surface area (Å²) in [5.41, 5.74) is 0.464. The maximum absolute atomic E-state index is 12.2. The summed E-state index contributed by atoms with van der Waals surface area (Å²) in [6.07, 6.45) is 0.391. The van der Waals surface area contributed by atoms with E-state index in [-0.39, 0.29) is 11.5 Å². The minimum absolute atomic E-state index is 0.0765. The molecule has 1 atom stereocenters. The molecule has 1 heterocycles. The monoisotopic (exact) mass is 376 g/mol. The first-order valence-corrected chi connectivity index (χ1v) is 8.06. The first kappa shape index (κ1) is 19.4. The largest absolute Gasteiger partial charge is 0.497 e. The van der Waals surface area contributed by atoms with Crippen molar-refractivity contribution in [3.8, 4) is 5.75 Å². The summed E-state index contributed by atoms with van der Waals surface area (Å²) in [6, 6.07) is 9.34. The summed E-state index contributed by atoms with van der Waals surface area (Å²) in [7, 11) is 1.52. The Morgan fingerprint density at radius 1 is 1.19 bits per heavy atom. The van der Waals surface area contributed by atoms with Crippen molar-refractivity contribution >= 4 is 29.3 Å². The number of carbonyl (C=O) groups excluding carboxylic acids is 3. The third kappa shape index (κ3) is 5.29. The number of methoxy groups -OCH3 is 1. The first-order chi connectivity index (χ1) is 12.4. The molecule has 26 heavy (non-hydrogen) atoms. The number of pyridine rings is 1. The van der Waals surface area contributed by atoms with Crippen LogP contribution in [0, 0.1) is 0 Å². The standard InChI is InChI=1S/C18H17ClN2O5/c1-11(17(23)12-3-5-14(25-2)6-4-12)26-16(22)10-21-18(24)15-9-13(19)7-8-20-15/h3-9,11H,10H2,1-2H3,(H,21,24)/t11-/m0/s1. The molecule has 0 saturated heterocycles. The molecule has 2 aromatic rings. The number of halogens is 1. The normalized spacial score (nSPS) is 11.3. The average Bonchev–Trinajstić information content (AvgIpc) is 2.65. The van der Waals surface area contributed by atoms with Gasteiger partial charge in [0.1, 0.15) is 18.0 Å². The number of esters is 1. The molecular weight excluding hydrogens is 360 g/mol. The van der Waals surface area contributed by atoms with Crippen LogP contribution in [0.1, 0.15) is 27.8 Å². The number of amides is 1. The van der Waals surface area contributed by atoms with Gasteiger partial charge in [0.2, 0.25) is 5.78 Å². The molecule has 1 amide bonds. The SMILES string of the molecule is COc1ccc(C(=O)[C@H](C)OC(=O)CNC(=O)c2cc(Cl)ccn2)cc1. The second-order valence-electron chi connectivity index (χ2n) is 5.27. The number of ketones is 1. The second-order valence-corrected chi connectivity index (χ2v) is 5.70. The average molecular weight is 377 g/mol. The molecule has 0 aliphatic heterocycles. The molecule has 7 nitrogen and oxygen atoms in total. The van der Waals surface area contributed by atoms with Gasteiger partial charge in [-0.2, -0.15) is 0 Å². The van der Waals surface area contributed by atoms with Crippen LogP contribution < -0.4 is 10.1 Å². The molecule has 8 heteroatoms. The van der Waals surface area contributed by atoms with Crippen LogP contribution >= 0.6 is 11.6 Å². The van der Waals surface area contributed by atoms with E-state index in [2.05, 4.69) is 10.3 Å². The molecule has 136 valence electrons. The Hall–Kier alpha value is -2.93. The smallest absolute Gasteiger partial charge is 0.326 e. The fourth-order valence-corrected chi connectivity index (χ4v) is 2.21. The Bertz CT molecular complexity index is 807. The molecular formula is C18H17ClN2O5. The van der Waals surface area contributed by atoms with E-state index in [0.29, 0.717) is 16.3 Å². The van der Waals surface area contributed by atoms with E-state index in [1.807, 2.05) is 0 Å². The van der Waals surface area contributed by atoms with Gasteiger partial charge in [-0.05, 0) is 43.3 Å². The van der Waals surface area contributed by atoms with Gasteiger partial charge in [-0.1, -0.05) is 11.6 Å². The van der Waals surface area contributed by atoms with Gasteiger partial charge in [0.05, 0.1) is 7.11 Å². The van der Waals surface area contributed by atoms with Crippen molar-refractivity contribution in [3.05, 3.63) is 58.9 Å². The molecule has 1 aromatic carbocycles. The van der Waals surface area contributed by atoms with Gasteiger partial charge in [-0.25, -0.2) is 0 Å². The Labute approximate surface area is 155 Å². The Balaban J connectivity index is 1.86. The van der Waals surface area contributed by atoms with E-state index in [4.69, 9.17) is 21.1 Å². The maximum atomic E-state index is 12.2. The summed E-state index contributed by atoms with van der Waals surface area (Å²) < 4.78 is 10.1. The summed E-state index contributed by atoms with van der Waals surface area (Å²) in [6.45, 7) is 1.07. The molecule has 0 spiro atoms. The molecule has 0 bridgehead atoms. The van der Waals surface area contributed by atoms with Gasteiger partial charge in [-0.15, -0.1) is 0 Å². The summed E-state index contributed by atoms with van der Waals surface area (Å²) >= 11 is 5.78. The van der Waals surface area contributed by atoms with Crippen molar-refractivity contribution in [2.45, 2.75) is 13.0 Å². The molecule has 0 unspecified atom stereocenters. The number of nitrogens with one attached hydrogen (secondary N) is 1. The highest BCUT2D eigenvalue weighted by molar-refractivity contribution is 6.30. The number of rotatable bonds is 7. The molecule has 0 saturated carbocycles. The summed E-state index contributed by atoms with van der Waals surface area (Å²) in [5.74, 6) is -1.05. The lowest BCUT2D eigenvalue weighted by atomic mass is 10.1. The number of ether oxygens (including phenoxy) is 2. The minimum Gasteiger partial charge on any atom is -0.497 e. The van der Waals surface area contributed by atoms with Gasteiger partial charge in [0, 0.05) is 16.8 Å². The van der Waals surface area contributed by atoms with Crippen LogP contribution in [0.2, 0.25) is 5.02 Å². The lowest BCUT2D eigenvalue weighted by Crippen LogP contribution is -2.34. The zero-order chi connectivity index (χ0) is 19.1. The topological polar surface area (TPSA) is 94.6 Å². The molecule has 1 aromatic heterocycles. The van der Waals surface area contributed by atoms with Gasteiger partial charge in [0.25, 0.3) is 5.91 Å². The van der Waals surface area contributed by atoms with Crippen molar-refractivity contribution in [3.63, 3.8) is 0 Å². The number of Topliss-reactive ketones (excluding diaryl/α,β-unsaturated/α-hetero) is 1. The number of hydrogen-bond donors (Lipinski definition) is 1. The zero-order valence-electron chi connectivity index (χ0n) is 14.2. The Morgan fingerprint density at radius 3 is 2.50 bits per heavy atom. The van der Waals surface area contributed by atoms with Gasteiger partial charge >= 0.3 is 5.97 Å². The number of nitrogens with zero attached hydrogens (tertiary/aromatic N) is 1. The van der Waals surface area contributed by atoms with E-state index in [1.165, 1.54) is 32.4 Å². The fourth-order valence-electron chi connectivity index (χ4n) is 2.05. The maximum Gasteiger partial charge on any atom is 0.326 e. The highest BCUT2D eigenvalue weighted by Crippen LogP contribution is 2.14. The number of hydrogen-bond acceptors (Lipinski definition) is 6. The van der Waals surface area contributed by atoms with E-state index < -0.39 is 24.5 Å². The quantitative estimate of drug-likeness (QED) is 0.588. The lowest BCUT2D eigenvalue weighted by Gasteiger charge is -2.13. The van der Waals surface area contributed by atoms with Gasteiger partial charge in [0.15, 0.2) is 6.10 Å². The second kappa shape index (κ2) is 8.96. The van der Waals surface area contributed by atoms with Crippen molar-refractivity contribution in [2.75, 3.05) is 13.7 Å². The minimum atomic E-state index is -0.989. The first-order valence-electron chi connectivity index (χ1n) is 7.68. The molecule has 1 N–H and O–H groups in total. The Kier molecular flexibility index (Phi) is 6.68. The van der Waals surface area contributed by atoms with Crippen molar-refractivity contribution in [1.82, 2.24) is 10.3 Å².